The molecule has 1 aliphatic rings. The predicted octanol–water partition coefficient (Wildman–Crippen LogP) is 1.77. The molecule has 0 aromatic carbocycles. The highest BCUT2D eigenvalue weighted by Gasteiger charge is 2.29. The molecule has 1 aromatic heterocycles. The molecule has 1 saturated heterocycles. The zero-order chi connectivity index (χ0) is 12.3. The number of anilines is 2. The third-order valence-electron chi connectivity index (χ3n) is 3.03. The molecule has 1 fully saturated rings. The van der Waals surface area contributed by atoms with Crippen LogP contribution in [0.3, 0.4) is 0 Å². The van der Waals surface area contributed by atoms with Gasteiger partial charge >= 0.3 is 0 Å². The summed E-state index contributed by atoms with van der Waals surface area (Å²) < 4.78 is 0.327. The number of rotatable bonds is 4. The summed E-state index contributed by atoms with van der Waals surface area (Å²) in [6.07, 6.45) is 4.34. The number of aromatic nitrogens is 2. The van der Waals surface area contributed by atoms with E-state index >= 15 is 0 Å². The largest absolute Gasteiger partial charge is 0.368 e. The van der Waals surface area contributed by atoms with Gasteiger partial charge in [0.05, 0.1) is 0 Å². The first kappa shape index (κ1) is 12.4. The Balaban J connectivity index is 2.02. The van der Waals surface area contributed by atoms with Gasteiger partial charge in [0.2, 0.25) is 5.95 Å². The Morgan fingerprint density at radius 3 is 3.06 bits per heavy atom. The molecule has 17 heavy (non-hydrogen) atoms. The Morgan fingerprint density at radius 1 is 1.59 bits per heavy atom. The molecular formula is C11H19N5S. The molecule has 1 aromatic rings. The van der Waals surface area contributed by atoms with Crippen LogP contribution in [0, 0.1) is 6.92 Å². The van der Waals surface area contributed by atoms with Crippen molar-refractivity contribution in [3.05, 3.63) is 11.8 Å². The van der Waals surface area contributed by atoms with Gasteiger partial charge in [0.25, 0.3) is 0 Å². The standard InChI is InChI=1S/C11H19N5S/c1-8-6-13-10(16-12)15-9(8)14-7-11(2)4-3-5-17-11/h6H,3-5,7,12H2,1-2H3,(H2,13,14,15,16). The van der Waals surface area contributed by atoms with E-state index in [-0.39, 0.29) is 0 Å². The number of hydrogen-bond donors (Lipinski definition) is 3. The van der Waals surface area contributed by atoms with Gasteiger partial charge in [-0.2, -0.15) is 16.7 Å². The van der Waals surface area contributed by atoms with Crippen LogP contribution in [-0.4, -0.2) is 27.0 Å². The second kappa shape index (κ2) is 5.10. The van der Waals surface area contributed by atoms with E-state index in [9.17, 15) is 0 Å². The van der Waals surface area contributed by atoms with Gasteiger partial charge in [0.1, 0.15) is 5.82 Å². The molecule has 4 N–H and O–H groups in total. The molecule has 1 unspecified atom stereocenters. The van der Waals surface area contributed by atoms with Crippen molar-refractivity contribution < 1.29 is 0 Å². The minimum Gasteiger partial charge on any atom is -0.368 e. The molecule has 6 heteroatoms. The maximum atomic E-state index is 5.31. The summed E-state index contributed by atoms with van der Waals surface area (Å²) >= 11 is 2.03. The van der Waals surface area contributed by atoms with Gasteiger partial charge in [0.15, 0.2) is 0 Å². The maximum Gasteiger partial charge on any atom is 0.239 e. The number of nitrogen functional groups attached to an aromatic ring is 1. The van der Waals surface area contributed by atoms with Crippen LogP contribution in [0.2, 0.25) is 0 Å². The van der Waals surface area contributed by atoms with Crippen LogP contribution in [0.5, 0.6) is 0 Å². The van der Waals surface area contributed by atoms with Crippen molar-refractivity contribution >= 4 is 23.5 Å². The fourth-order valence-electron chi connectivity index (χ4n) is 1.94. The molecule has 1 aliphatic heterocycles. The highest BCUT2D eigenvalue weighted by molar-refractivity contribution is 8.00. The van der Waals surface area contributed by atoms with E-state index in [2.05, 4.69) is 27.6 Å². The number of hydrazine groups is 1. The average molecular weight is 253 g/mol. The molecule has 94 valence electrons. The molecule has 2 rings (SSSR count). The van der Waals surface area contributed by atoms with E-state index in [0.29, 0.717) is 10.7 Å². The lowest BCUT2D eigenvalue weighted by Gasteiger charge is -2.23. The average Bonchev–Trinajstić information content (AvgIpc) is 2.76. The number of nitrogens with zero attached hydrogens (tertiary/aromatic N) is 2. The summed E-state index contributed by atoms with van der Waals surface area (Å²) in [6, 6.07) is 0. The summed E-state index contributed by atoms with van der Waals surface area (Å²) in [5, 5.41) is 3.40. The molecular weight excluding hydrogens is 234 g/mol. The number of hydrogen-bond acceptors (Lipinski definition) is 6. The Morgan fingerprint density at radius 2 is 2.41 bits per heavy atom. The van der Waals surface area contributed by atoms with Crippen molar-refractivity contribution in [2.75, 3.05) is 23.0 Å². The summed E-state index contributed by atoms with van der Waals surface area (Å²) in [5.41, 5.74) is 3.50. The monoisotopic (exact) mass is 253 g/mol. The van der Waals surface area contributed by atoms with Crippen LogP contribution in [0.4, 0.5) is 11.8 Å². The lowest BCUT2D eigenvalue weighted by Crippen LogP contribution is -2.28. The second-order valence-electron chi connectivity index (χ2n) is 4.63. The van der Waals surface area contributed by atoms with Crippen LogP contribution in [0.15, 0.2) is 6.20 Å². The summed E-state index contributed by atoms with van der Waals surface area (Å²) in [7, 11) is 0. The predicted molar refractivity (Wildman–Crippen MR) is 73.2 cm³/mol. The Hall–Kier alpha value is -1.01. The van der Waals surface area contributed by atoms with E-state index in [1.807, 2.05) is 18.7 Å². The molecule has 0 spiro atoms. The SMILES string of the molecule is Cc1cnc(NN)nc1NCC1(C)CCCS1. The van der Waals surface area contributed by atoms with E-state index in [4.69, 9.17) is 5.84 Å². The number of aryl methyl sites for hydroxylation is 1. The van der Waals surface area contributed by atoms with E-state index in [1.54, 1.807) is 6.20 Å². The van der Waals surface area contributed by atoms with Gasteiger partial charge in [0, 0.05) is 23.1 Å². The summed E-state index contributed by atoms with van der Waals surface area (Å²) in [4.78, 5) is 8.38. The first-order valence-corrected chi connectivity index (χ1v) is 6.80. The molecule has 0 aliphatic carbocycles. The van der Waals surface area contributed by atoms with Crippen LogP contribution in [0.25, 0.3) is 0 Å². The van der Waals surface area contributed by atoms with Crippen LogP contribution in [-0.2, 0) is 0 Å². The van der Waals surface area contributed by atoms with Gasteiger partial charge in [-0.1, -0.05) is 0 Å². The van der Waals surface area contributed by atoms with Gasteiger partial charge < -0.3 is 5.32 Å². The van der Waals surface area contributed by atoms with Gasteiger partial charge in [-0.25, -0.2) is 10.8 Å². The van der Waals surface area contributed by atoms with Gasteiger partial charge in [-0.05, 0) is 32.4 Å². The third-order valence-corrected chi connectivity index (χ3v) is 4.57. The summed E-state index contributed by atoms with van der Waals surface area (Å²) in [5.74, 6) is 7.88. The van der Waals surface area contributed by atoms with E-state index in [0.717, 1.165) is 17.9 Å². The zero-order valence-corrected chi connectivity index (χ0v) is 11.1. The van der Waals surface area contributed by atoms with Crippen molar-refractivity contribution in [2.24, 2.45) is 5.84 Å². The molecule has 0 saturated carbocycles. The quantitative estimate of drug-likeness (QED) is 0.561. The minimum absolute atomic E-state index is 0.327. The first-order chi connectivity index (χ1) is 8.13. The first-order valence-electron chi connectivity index (χ1n) is 5.81. The maximum absolute atomic E-state index is 5.31. The number of nitrogens with two attached hydrogens (primary N) is 1. The number of nitrogens with one attached hydrogen (secondary N) is 2. The smallest absolute Gasteiger partial charge is 0.239 e. The lowest BCUT2D eigenvalue weighted by molar-refractivity contribution is 0.633. The van der Waals surface area contributed by atoms with E-state index < -0.39 is 0 Å². The third kappa shape index (κ3) is 3.01. The minimum atomic E-state index is 0.327. The van der Waals surface area contributed by atoms with Gasteiger partial charge in [-0.3, -0.25) is 5.43 Å². The fourth-order valence-corrected chi connectivity index (χ4v) is 3.18. The van der Waals surface area contributed by atoms with Crippen LogP contribution in [0.1, 0.15) is 25.3 Å². The molecule has 0 radical (unpaired) electrons. The van der Waals surface area contributed by atoms with Crippen LogP contribution < -0.4 is 16.6 Å². The zero-order valence-electron chi connectivity index (χ0n) is 10.3. The highest BCUT2D eigenvalue weighted by atomic mass is 32.2. The van der Waals surface area contributed by atoms with Crippen molar-refractivity contribution in [3.63, 3.8) is 0 Å². The Kier molecular flexibility index (Phi) is 3.73. The van der Waals surface area contributed by atoms with Crippen LogP contribution >= 0.6 is 11.8 Å². The highest BCUT2D eigenvalue weighted by Crippen LogP contribution is 2.37. The molecule has 1 atom stereocenters. The van der Waals surface area contributed by atoms with Crippen molar-refractivity contribution in [3.8, 4) is 0 Å². The van der Waals surface area contributed by atoms with Crippen molar-refractivity contribution in [1.29, 1.82) is 0 Å². The summed E-state index contributed by atoms with van der Waals surface area (Å²) in [6.45, 7) is 5.22. The number of thioether (sulfide) groups is 1. The molecule has 0 bridgehead atoms. The normalized spacial score (nSPS) is 23.7. The Labute approximate surface area is 106 Å². The lowest BCUT2D eigenvalue weighted by atomic mass is 10.1. The van der Waals surface area contributed by atoms with E-state index in [1.165, 1.54) is 18.6 Å². The van der Waals surface area contributed by atoms with Crippen molar-refractivity contribution in [1.82, 2.24) is 9.97 Å². The second-order valence-corrected chi connectivity index (χ2v) is 6.31. The topological polar surface area (TPSA) is 75.9 Å². The molecule has 5 nitrogen and oxygen atoms in total. The Bertz CT molecular complexity index is 389. The van der Waals surface area contributed by atoms with Crippen molar-refractivity contribution in [2.45, 2.75) is 31.4 Å². The fraction of sp³-hybridized carbons (Fsp3) is 0.636. The molecule has 2 heterocycles. The van der Waals surface area contributed by atoms with Gasteiger partial charge in [-0.15, -0.1) is 0 Å². The molecule has 0 amide bonds.